The number of aromatic nitrogens is 5. The fourth-order valence-electron chi connectivity index (χ4n) is 2.89. The number of hydrogen-bond acceptors (Lipinski definition) is 7. The predicted octanol–water partition coefficient (Wildman–Crippen LogP) is 4.82. The Balaban J connectivity index is 1.53. The molecule has 0 amide bonds. The molecule has 0 aliphatic heterocycles. The Morgan fingerprint density at radius 3 is 2.59 bits per heavy atom. The average Bonchev–Trinajstić information content (AvgIpc) is 3.40. The molecule has 0 unspecified atom stereocenters. The van der Waals surface area contributed by atoms with Gasteiger partial charge in [0.05, 0.1) is 11.3 Å². The van der Waals surface area contributed by atoms with Gasteiger partial charge in [-0.2, -0.15) is 0 Å². The van der Waals surface area contributed by atoms with Crippen molar-refractivity contribution in [3.05, 3.63) is 66.2 Å². The highest BCUT2D eigenvalue weighted by Crippen LogP contribution is 2.29. The van der Waals surface area contributed by atoms with Crippen LogP contribution in [0.3, 0.4) is 0 Å². The number of rotatable bonds is 7. The number of halogens is 1. The lowest BCUT2D eigenvalue weighted by Gasteiger charge is -2.07. The van der Waals surface area contributed by atoms with Crippen molar-refractivity contribution >= 4 is 11.8 Å². The molecule has 0 saturated carbocycles. The lowest BCUT2D eigenvalue weighted by atomic mass is 10.2. The lowest BCUT2D eigenvalue weighted by Crippen LogP contribution is -2.00. The molecule has 0 saturated heterocycles. The van der Waals surface area contributed by atoms with Crippen LogP contribution in [0.25, 0.3) is 22.8 Å². The Kier molecular flexibility index (Phi) is 5.30. The third kappa shape index (κ3) is 4.00. The third-order valence-corrected chi connectivity index (χ3v) is 5.15. The number of furan rings is 1. The van der Waals surface area contributed by atoms with Crippen LogP contribution < -0.4 is 0 Å². The van der Waals surface area contributed by atoms with E-state index >= 15 is 0 Å². The standard InChI is InChI=1S/C20H18FN5O2S/c1-4-9-26-18(14-5-7-15(21)8-6-14)23-25-20(26)29-11-17-22-24-19(28-17)16-10-12(2)27-13(16)3/h4-8,10H,1,9,11H2,2-3H3. The lowest BCUT2D eigenvalue weighted by molar-refractivity contribution is 0.499. The Labute approximate surface area is 170 Å². The second-order valence-electron chi connectivity index (χ2n) is 6.33. The summed E-state index contributed by atoms with van der Waals surface area (Å²) in [4.78, 5) is 0. The highest BCUT2D eigenvalue weighted by atomic mass is 32.2. The second-order valence-corrected chi connectivity index (χ2v) is 7.27. The van der Waals surface area contributed by atoms with Gasteiger partial charge in [0.25, 0.3) is 5.89 Å². The van der Waals surface area contributed by atoms with Gasteiger partial charge in [0.2, 0.25) is 5.89 Å². The van der Waals surface area contributed by atoms with Gasteiger partial charge in [0.15, 0.2) is 11.0 Å². The number of benzene rings is 1. The summed E-state index contributed by atoms with van der Waals surface area (Å²) in [6.07, 6.45) is 1.76. The zero-order valence-corrected chi connectivity index (χ0v) is 16.7. The van der Waals surface area contributed by atoms with Crippen molar-refractivity contribution in [3.8, 4) is 22.8 Å². The number of aryl methyl sites for hydroxylation is 2. The Morgan fingerprint density at radius 1 is 1.10 bits per heavy atom. The molecule has 1 aromatic carbocycles. The number of hydrogen-bond donors (Lipinski definition) is 0. The second kappa shape index (κ2) is 8.04. The summed E-state index contributed by atoms with van der Waals surface area (Å²) < 4.78 is 26.4. The van der Waals surface area contributed by atoms with Crippen LogP contribution in [0.1, 0.15) is 17.4 Å². The van der Waals surface area contributed by atoms with Crippen molar-refractivity contribution in [3.63, 3.8) is 0 Å². The van der Waals surface area contributed by atoms with Gasteiger partial charge in [-0.1, -0.05) is 17.8 Å². The van der Waals surface area contributed by atoms with E-state index in [0.717, 1.165) is 22.6 Å². The normalized spacial score (nSPS) is 11.1. The van der Waals surface area contributed by atoms with E-state index in [0.29, 0.717) is 35.1 Å². The maximum atomic E-state index is 13.2. The third-order valence-electron chi connectivity index (χ3n) is 4.19. The van der Waals surface area contributed by atoms with Gasteiger partial charge in [-0.25, -0.2) is 4.39 Å². The summed E-state index contributed by atoms with van der Waals surface area (Å²) in [6, 6.07) is 8.01. The van der Waals surface area contributed by atoms with Gasteiger partial charge in [0.1, 0.15) is 17.3 Å². The van der Waals surface area contributed by atoms with Crippen molar-refractivity contribution in [1.82, 2.24) is 25.0 Å². The topological polar surface area (TPSA) is 82.8 Å². The highest BCUT2D eigenvalue weighted by molar-refractivity contribution is 7.98. The highest BCUT2D eigenvalue weighted by Gasteiger charge is 2.17. The molecule has 4 aromatic rings. The van der Waals surface area contributed by atoms with Gasteiger partial charge in [0, 0.05) is 12.1 Å². The van der Waals surface area contributed by atoms with Crippen molar-refractivity contribution < 1.29 is 13.2 Å². The van der Waals surface area contributed by atoms with Gasteiger partial charge in [-0.3, -0.25) is 4.57 Å². The van der Waals surface area contributed by atoms with E-state index in [1.165, 1.54) is 23.9 Å². The van der Waals surface area contributed by atoms with E-state index in [1.807, 2.05) is 24.5 Å². The van der Waals surface area contributed by atoms with E-state index in [9.17, 15) is 4.39 Å². The first-order valence-electron chi connectivity index (χ1n) is 8.87. The molecule has 0 N–H and O–H groups in total. The zero-order valence-electron chi connectivity index (χ0n) is 15.9. The molecule has 0 aliphatic rings. The minimum Gasteiger partial charge on any atom is -0.466 e. The maximum Gasteiger partial charge on any atom is 0.251 e. The van der Waals surface area contributed by atoms with Crippen molar-refractivity contribution in [1.29, 1.82) is 0 Å². The fraction of sp³-hybridized carbons (Fsp3) is 0.200. The van der Waals surface area contributed by atoms with E-state index in [2.05, 4.69) is 27.0 Å². The molecule has 7 nitrogen and oxygen atoms in total. The predicted molar refractivity (Wildman–Crippen MR) is 107 cm³/mol. The molecule has 4 rings (SSSR count). The minimum absolute atomic E-state index is 0.298. The van der Waals surface area contributed by atoms with Crippen LogP contribution >= 0.6 is 11.8 Å². The molecular weight excluding hydrogens is 393 g/mol. The molecule has 0 atom stereocenters. The molecule has 3 aromatic heterocycles. The van der Waals surface area contributed by atoms with Crippen molar-refractivity contribution in [2.75, 3.05) is 0 Å². The molecule has 3 heterocycles. The summed E-state index contributed by atoms with van der Waals surface area (Å²) in [6.45, 7) is 8.04. The first-order chi connectivity index (χ1) is 14.0. The average molecular weight is 411 g/mol. The zero-order chi connectivity index (χ0) is 20.4. The van der Waals surface area contributed by atoms with Crippen molar-refractivity contribution in [2.45, 2.75) is 31.3 Å². The van der Waals surface area contributed by atoms with Gasteiger partial charge < -0.3 is 8.83 Å². The van der Waals surface area contributed by atoms with Gasteiger partial charge >= 0.3 is 0 Å². The van der Waals surface area contributed by atoms with E-state index in [1.54, 1.807) is 18.2 Å². The molecule has 0 aliphatic carbocycles. The first kappa shape index (κ1) is 19.1. The molecule has 0 spiro atoms. The van der Waals surface area contributed by atoms with Crippen LogP contribution in [0.2, 0.25) is 0 Å². The van der Waals surface area contributed by atoms with Gasteiger partial charge in [-0.05, 0) is 44.2 Å². The SMILES string of the molecule is C=CCn1c(SCc2nnc(-c3cc(C)oc3C)o2)nnc1-c1ccc(F)cc1. The monoisotopic (exact) mass is 411 g/mol. The molecule has 9 heteroatoms. The molecule has 0 bridgehead atoms. The van der Waals surface area contributed by atoms with Crippen LogP contribution in [-0.4, -0.2) is 25.0 Å². The van der Waals surface area contributed by atoms with Crippen LogP contribution in [0.15, 0.2) is 57.0 Å². The summed E-state index contributed by atoms with van der Waals surface area (Å²) in [5.41, 5.74) is 1.57. The molecule has 0 fully saturated rings. The van der Waals surface area contributed by atoms with Gasteiger partial charge in [-0.15, -0.1) is 27.0 Å². The first-order valence-corrected chi connectivity index (χ1v) is 9.86. The molecule has 148 valence electrons. The number of nitrogens with zero attached hydrogens (tertiary/aromatic N) is 5. The summed E-state index contributed by atoms with van der Waals surface area (Å²) in [5.74, 6) is 3.20. The minimum atomic E-state index is -0.298. The van der Waals surface area contributed by atoms with Crippen LogP contribution in [-0.2, 0) is 12.3 Å². The largest absolute Gasteiger partial charge is 0.466 e. The van der Waals surface area contributed by atoms with E-state index < -0.39 is 0 Å². The fourth-order valence-corrected chi connectivity index (χ4v) is 3.68. The molecule has 29 heavy (non-hydrogen) atoms. The summed E-state index contributed by atoms with van der Waals surface area (Å²) in [5, 5.41) is 17.4. The maximum absolute atomic E-state index is 13.2. The quantitative estimate of drug-likeness (QED) is 0.318. The summed E-state index contributed by atoms with van der Waals surface area (Å²) in [7, 11) is 0. The van der Waals surface area contributed by atoms with E-state index in [-0.39, 0.29) is 5.82 Å². The Bertz CT molecular complexity index is 1150. The van der Waals surface area contributed by atoms with Crippen molar-refractivity contribution in [2.24, 2.45) is 0 Å². The van der Waals surface area contributed by atoms with Crippen LogP contribution in [0, 0.1) is 19.7 Å². The molecule has 0 radical (unpaired) electrons. The summed E-state index contributed by atoms with van der Waals surface area (Å²) >= 11 is 1.42. The Morgan fingerprint density at radius 2 is 1.90 bits per heavy atom. The molecular formula is C20H18FN5O2S. The van der Waals surface area contributed by atoms with Crippen LogP contribution in [0.4, 0.5) is 4.39 Å². The Hall–Kier alpha value is -3.20. The number of allylic oxidation sites excluding steroid dienone is 1. The number of thioether (sulfide) groups is 1. The van der Waals surface area contributed by atoms with E-state index in [4.69, 9.17) is 8.83 Å². The van der Waals surface area contributed by atoms with Crippen LogP contribution in [0.5, 0.6) is 0 Å². The smallest absolute Gasteiger partial charge is 0.251 e.